The maximum Gasteiger partial charge on any atom is 0.227 e. The average Bonchev–Trinajstić information content (AvgIpc) is 3.89. The lowest BCUT2D eigenvalue weighted by Crippen LogP contribution is -2.26. The maximum absolute atomic E-state index is 6.50. The number of anilines is 3. The molecule has 0 atom stereocenters. The zero-order valence-electron chi connectivity index (χ0n) is 29.8. The molecule has 8 aromatic carbocycles. The Balaban J connectivity index is 1.14. The van der Waals surface area contributed by atoms with Crippen molar-refractivity contribution in [1.82, 2.24) is 4.98 Å². The Kier molecular flexibility index (Phi) is 6.26. The van der Waals surface area contributed by atoms with Crippen LogP contribution in [0.4, 0.5) is 17.1 Å². The van der Waals surface area contributed by atoms with E-state index in [0.717, 1.165) is 44.2 Å². The minimum absolute atomic E-state index is 0.442. The Morgan fingerprint density at radius 2 is 1.05 bits per heavy atom. The Morgan fingerprint density at radius 3 is 1.82 bits per heavy atom. The number of hydrogen-bond donors (Lipinski definition) is 0. The second-order valence-corrected chi connectivity index (χ2v) is 14.6. The van der Waals surface area contributed by atoms with E-state index < -0.39 is 5.41 Å². The van der Waals surface area contributed by atoms with Crippen molar-refractivity contribution in [2.45, 2.75) is 5.41 Å². The van der Waals surface area contributed by atoms with E-state index in [2.05, 4.69) is 193 Å². The highest BCUT2D eigenvalue weighted by atomic mass is 16.3. The largest absolute Gasteiger partial charge is 0.437 e. The molecule has 0 aliphatic heterocycles. The van der Waals surface area contributed by atoms with Crippen molar-refractivity contribution < 1.29 is 4.42 Å². The SMILES string of the molecule is c1ccc(-c2ccc(N(c3cnc4oc5c6ccccc6ccc5c4c3)c3cccc4c3-c3ccccc3C43c4ccccc4-c4ccccc43)cc2)cc1. The van der Waals surface area contributed by atoms with Gasteiger partial charge in [-0.3, -0.25) is 0 Å². The Hall–Kier alpha value is -7.23. The molecule has 0 N–H and O–H groups in total. The van der Waals surface area contributed by atoms with Crippen LogP contribution in [-0.4, -0.2) is 4.98 Å². The van der Waals surface area contributed by atoms with Crippen LogP contribution in [0.25, 0.3) is 66.2 Å². The van der Waals surface area contributed by atoms with Gasteiger partial charge in [0.05, 0.1) is 28.4 Å². The minimum Gasteiger partial charge on any atom is -0.437 e. The van der Waals surface area contributed by atoms with Crippen molar-refractivity contribution in [2.75, 3.05) is 4.90 Å². The third-order valence-corrected chi connectivity index (χ3v) is 11.9. The average molecular weight is 701 g/mol. The van der Waals surface area contributed by atoms with Crippen LogP contribution in [0.1, 0.15) is 22.3 Å². The minimum atomic E-state index is -0.442. The molecule has 1 spiro atoms. The third-order valence-electron chi connectivity index (χ3n) is 11.9. The van der Waals surface area contributed by atoms with Crippen molar-refractivity contribution in [3.05, 3.63) is 217 Å². The van der Waals surface area contributed by atoms with Crippen LogP contribution >= 0.6 is 0 Å². The van der Waals surface area contributed by atoms with E-state index in [0.29, 0.717) is 5.71 Å². The topological polar surface area (TPSA) is 29.3 Å². The number of nitrogens with zero attached hydrogens (tertiary/aromatic N) is 2. The molecule has 12 rings (SSSR count). The van der Waals surface area contributed by atoms with Crippen LogP contribution in [0.15, 0.2) is 199 Å². The fourth-order valence-corrected chi connectivity index (χ4v) is 9.67. The Labute approximate surface area is 318 Å². The summed E-state index contributed by atoms with van der Waals surface area (Å²) in [4.78, 5) is 7.41. The summed E-state index contributed by atoms with van der Waals surface area (Å²) < 4.78 is 6.50. The summed E-state index contributed by atoms with van der Waals surface area (Å²) in [7, 11) is 0. The lowest BCUT2D eigenvalue weighted by Gasteiger charge is -2.31. The van der Waals surface area contributed by atoms with Gasteiger partial charge in [-0.2, -0.15) is 0 Å². The molecule has 0 fully saturated rings. The molecule has 256 valence electrons. The molecule has 2 heterocycles. The van der Waals surface area contributed by atoms with Gasteiger partial charge in [-0.25, -0.2) is 4.98 Å². The molecule has 0 amide bonds. The van der Waals surface area contributed by atoms with Gasteiger partial charge in [0.25, 0.3) is 0 Å². The van der Waals surface area contributed by atoms with Gasteiger partial charge in [-0.05, 0) is 85.8 Å². The molecule has 2 aliphatic carbocycles. The molecule has 2 aromatic heterocycles. The van der Waals surface area contributed by atoms with Crippen LogP contribution in [0.3, 0.4) is 0 Å². The molecule has 55 heavy (non-hydrogen) atoms. The van der Waals surface area contributed by atoms with Gasteiger partial charge < -0.3 is 9.32 Å². The molecule has 3 heteroatoms. The van der Waals surface area contributed by atoms with Crippen molar-refractivity contribution in [3.8, 4) is 33.4 Å². The van der Waals surface area contributed by atoms with Crippen molar-refractivity contribution in [1.29, 1.82) is 0 Å². The normalized spacial score (nSPS) is 13.2. The third kappa shape index (κ3) is 4.12. The van der Waals surface area contributed by atoms with Gasteiger partial charge >= 0.3 is 0 Å². The van der Waals surface area contributed by atoms with E-state index in [-0.39, 0.29) is 0 Å². The number of rotatable bonds is 4. The molecule has 0 saturated carbocycles. The molecule has 3 nitrogen and oxygen atoms in total. The second-order valence-electron chi connectivity index (χ2n) is 14.6. The first kappa shape index (κ1) is 30.3. The van der Waals surface area contributed by atoms with E-state index in [4.69, 9.17) is 9.40 Å². The van der Waals surface area contributed by atoms with Crippen LogP contribution in [-0.2, 0) is 5.41 Å². The summed E-state index contributed by atoms with van der Waals surface area (Å²) in [5.74, 6) is 0. The van der Waals surface area contributed by atoms with Crippen LogP contribution in [0, 0.1) is 0 Å². The summed E-state index contributed by atoms with van der Waals surface area (Å²) >= 11 is 0. The monoisotopic (exact) mass is 700 g/mol. The number of hydrogen-bond acceptors (Lipinski definition) is 3. The van der Waals surface area contributed by atoms with E-state index in [9.17, 15) is 0 Å². The molecule has 0 saturated heterocycles. The molecule has 0 radical (unpaired) electrons. The van der Waals surface area contributed by atoms with Crippen molar-refractivity contribution >= 4 is 49.9 Å². The standard InChI is InChI=1S/C52H32N2O/c1-2-13-33(14-3-1)34-25-28-36(29-26-34)54(37-31-43-41-30-27-35-15-4-5-16-38(35)50(41)55-51(43)53-32-37)48-24-12-23-47-49(48)42-19-8-11-22-46(42)52(47)44-20-9-6-17-39(44)40-18-7-10-21-45(40)52/h1-32H. The van der Waals surface area contributed by atoms with Gasteiger partial charge in [-0.15, -0.1) is 0 Å². The Morgan fingerprint density at radius 1 is 0.436 bits per heavy atom. The number of pyridine rings is 1. The number of benzene rings is 8. The predicted molar refractivity (Wildman–Crippen MR) is 225 cm³/mol. The van der Waals surface area contributed by atoms with Gasteiger partial charge in [0, 0.05) is 22.0 Å². The molecular formula is C52H32N2O. The fourth-order valence-electron chi connectivity index (χ4n) is 9.67. The lowest BCUT2D eigenvalue weighted by molar-refractivity contribution is 0.657. The van der Waals surface area contributed by atoms with E-state index in [1.807, 2.05) is 6.20 Å². The van der Waals surface area contributed by atoms with Gasteiger partial charge in [0.15, 0.2) is 0 Å². The lowest BCUT2D eigenvalue weighted by atomic mass is 9.70. The zero-order valence-corrected chi connectivity index (χ0v) is 29.8. The van der Waals surface area contributed by atoms with E-state index >= 15 is 0 Å². The first-order valence-electron chi connectivity index (χ1n) is 18.9. The van der Waals surface area contributed by atoms with Gasteiger partial charge in [-0.1, -0.05) is 158 Å². The molecule has 0 bridgehead atoms. The summed E-state index contributed by atoms with van der Waals surface area (Å²) in [6.07, 6.45) is 1.97. The zero-order chi connectivity index (χ0) is 36.1. The highest BCUT2D eigenvalue weighted by molar-refractivity contribution is 6.15. The van der Waals surface area contributed by atoms with Crippen LogP contribution in [0.2, 0.25) is 0 Å². The van der Waals surface area contributed by atoms with Gasteiger partial charge in [0.1, 0.15) is 5.58 Å². The maximum atomic E-state index is 6.50. The van der Waals surface area contributed by atoms with Crippen molar-refractivity contribution in [3.63, 3.8) is 0 Å². The quantitative estimate of drug-likeness (QED) is 0.183. The van der Waals surface area contributed by atoms with Crippen molar-refractivity contribution in [2.24, 2.45) is 0 Å². The number of furan rings is 1. The summed E-state index contributed by atoms with van der Waals surface area (Å²) in [6, 6.07) is 68.3. The number of fused-ring (bicyclic) bond motifs is 15. The highest BCUT2D eigenvalue weighted by Crippen LogP contribution is 2.64. The smallest absolute Gasteiger partial charge is 0.227 e. The summed E-state index contributed by atoms with van der Waals surface area (Å²) in [6.45, 7) is 0. The molecule has 10 aromatic rings. The van der Waals surface area contributed by atoms with Crippen LogP contribution in [0.5, 0.6) is 0 Å². The predicted octanol–water partition coefficient (Wildman–Crippen LogP) is 13.6. The van der Waals surface area contributed by atoms with E-state index in [1.165, 1.54) is 55.6 Å². The van der Waals surface area contributed by atoms with E-state index in [1.54, 1.807) is 0 Å². The Bertz CT molecular complexity index is 3110. The first-order chi connectivity index (χ1) is 27.3. The fraction of sp³-hybridized carbons (Fsp3) is 0.0192. The van der Waals surface area contributed by atoms with Crippen LogP contribution < -0.4 is 4.90 Å². The summed E-state index contributed by atoms with van der Waals surface area (Å²) in [5, 5.41) is 4.29. The molecule has 0 unspecified atom stereocenters. The molecule has 2 aliphatic rings. The summed E-state index contributed by atoms with van der Waals surface area (Å²) in [5.41, 5.74) is 16.9. The number of aromatic nitrogens is 1. The van der Waals surface area contributed by atoms with Gasteiger partial charge in [0.2, 0.25) is 5.71 Å². The first-order valence-corrected chi connectivity index (χ1v) is 18.9. The molecular weight excluding hydrogens is 669 g/mol. The highest BCUT2D eigenvalue weighted by Gasteiger charge is 2.52. The second kappa shape index (κ2) is 11.4.